The number of ether oxygens (including phenoxy) is 2. The number of fused-ring (bicyclic) bond motifs is 3. The highest BCUT2D eigenvalue weighted by molar-refractivity contribution is 5.86. The van der Waals surface area contributed by atoms with Crippen LogP contribution in [0.15, 0.2) is 104 Å². The van der Waals surface area contributed by atoms with Crippen molar-refractivity contribution in [2.75, 3.05) is 19.8 Å². The number of carbonyl (C=O) groups is 4. The van der Waals surface area contributed by atoms with Crippen molar-refractivity contribution in [1.82, 2.24) is 16.0 Å². The Kier molecular flexibility index (Phi) is 13.7. The zero-order valence-electron chi connectivity index (χ0n) is 27.8. The highest BCUT2D eigenvalue weighted by Gasteiger charge is 2.31. The average molecular weight is 668 g/mol. The van der Waals surface area contributed by atoms with Crippen LogP contribution in [0.3, 0.4) is 0 Å². The van der Waals surface area contributed by atoms with Crippen molar-refractivity contribution in [2.45, 2.75) is 56.7 Å². The molecule has 4 rings (SSSR count). The molecule has 0 aliphatic heterocycles. The molecule has 258 valence electrons. The normalized spacial score (nSPS) is 14.2. The van der Waals surface area contributed by atoms with Gasteiger partial charge in [-0.3, -0.25) is 9.59 Å². The van der Waals surface area contributed by atoms with Gasteiger partial charge < -0.3 is 30.5 Å². The van der Waals surface area contributed by atoms with Crippen molar-refractivity contribution in [1.29, 1.82) is 0 Å². The number of benzene rings is 3. The number of rotatable bonds is 18. The first-order valence-corrected chi connectivity index (χ1v) is 16.5. The number of nitrogens with one attached hydrogen (secondary N) is 3. The van der Waals surface area contributed by atoms with E-state index >= 15 is 0 Å². The van der Waals surface area contributed by atoms with Gasteiger partial charge in [-0.25, -0.2) is 9.59 Å². The van der Waals surface area contributed by atoms with Crippen LogP contribution in [0.1, 0.15) is 61.3 Å². The van der Waals surface area contributed by atoms with Crippen LogP contribution in [0, 0.1) is 5.92 Å². The fourth-order valence-corrected chi connectivity index (χ4v) is 5.87. The smallest absolute Gasteiger partial charge is 0.407 e. The van der Waals surface area contributed by atoms with Crippen molar-refractivity contribution in [3.05, 3.63) is 121 Å². The SMILES string of the molecule is C=CCCC(NC(=O)OCC1c2ccccc2-c2ccccc21)C(=O)OCC(NC(=O)C(CC=C)CC(=O)NC(C)CO)c1ccccc1. The van der Waals surface area contributed by atoms with E-state index in [0.29, 0.717) is 12.0 Å². The second kappa shape index (κ2) is 18.4. The summed E-state index contributed by atoms with van der Waals surface area (Å²) in [4.78, 5) is 52.3. The highest BCUT2D eigenvalue weighted by Crippen LogP contribution is 2.44. The van der Waals surface area contributed by atoms with Crippen molar-refractivity contribution in [2.24, 2.45) is 5.92 Å². The van der Waals surface area contributed by atoms with Gasteiger partial charge in [-0.15, -0.1) is 13.2 Å². The number of amides is 3. The molecule has 3 amide bonds. The fraction of sp³-hybridized carbons (Fsp3) is 0.333. The number of alkyl carbamates (subject to hydrolysis) is 1. The summed E-state index contributed by atoms with van der Waals surface area (Å²) >= 11 is 0. The molecule has 0 heterocycles. The second-order valence-corrected chi connectivity index (χ2v) is 12.1. The molecule has 1 aliphatic carbocycles. The Labute approximate surface area is 287 Å². The lowest BCUT2D eigenvalue weighted by Gasteiger charge is -2.24. The van der Waals surface area contributed by atoms with E-state index in [1.165, 1.54) is 0 Å². The van der Waals surface area contributed by atoms with E-state index in [-0.39, 0.29) is 50.9 Å². The Morgan fingerprint density at radius 2 is 1.47 bits per heavy atom. The maximum Gasteiger partial charge on any atom is 0.407 e. The maximum atomic E-state index is 13.4. The van der Waals surface area contributed by atoms with Crippen molar-refractivity contribution in [3.8, 4) is 11.1 Å². The van der Waals surface area contributed by atoms with Gasteiger partial charge in [0.1, 0.15) is 19.3 Å². The van der Waals surface area contributed by atoms with Crippen LogP contribution in [0.5, 0.6) is 0 Å². The Bertz CT molecular complexity index is 1560. The molecule has 0 spiro atoms. The Morgan fingerprint density at radius 3 is 2.08 bits per heavy atom. The first-order chi connectivity index (χ1) is 23.7. The van der Waals surface area contributed by atoms with E-state index < -0.39 is 42.0 Å². The number of allylic oxidation sites excluding steroid dienone is 2. The average Bonchev–Trinajstić information content (AvgIpc) is 3.44. The van der Waals surface area contributed by atoms with Gasteiger partial charge in [0, 0.05) is 18.4 Å². The monoisotopic (exact) mass is 667 g/mol. The number of aliphatic hydroxyl groups is 1. The topological polar surface area (TPSA) is 143 Å². The predicted molar refractivity (Wildman–Crippen MR) is 187 cm³/mol. The van der Waals surface area contributed by atoms with Crippen LogP contribution < -0.4 is 16.0 Å². The molecule has 0 aromatic heterocycles. The Hall–Kier alpha value is -5.22. The molecular formula is C39H45N3O7. The molecule has 49 heavy (non-hydrogen) atoms. The molecule has 0 bridgehead atoms. The van der Waals surface area contributed by atoms with Gasteiger partial charge in [0.15, 0.2) is 0 Å². The van der Waals surface area contributed by atoms with Crippen LogP contribution in [0.2, 0.25) is 0 Å². The molecule has 0 radical (unpaired) electrons. The number of hydrogen-bond acceptors (Lipinski definition) is 7. The Morgan fingerprint density at radius 1 is 0.837 bits per heavy atom. The largest absolute Gasteiger partial charge is 0.462 e. The molecule has 0 saturated heterocycles. The van der Waals surface area contributed by atoms with E-state index in [1.807, 2.05) is 42.5 Å². The first kappa shape index (κ1) is 36.6. The minimum absolute atomic E-state index is 0.0913. The number of aliphatic hydroxyl groups excluding tert-OH is 1. The van der Waals surface area contributed by atoms with Gasteiger partial charge in [0.2, 0.25) is 11.8 Å². The standard InChI is InChI=1S/C39H45N3O7/c1-4-6-21-34(42-39(47)49-24-33-31-19-12-10-17-29(31)30-18-11-13-20-32(30)33)38(46)48-25-35(27-15-8-7-9-16-27)41-37(45)28(14-5-2)22-36(44)40-26(3)23-43/h4-5,7-13,15-20,26,28,33-35,43H,1-2,6,14,21-25H2,3H3,(H,40,44)(H,41,45)(H,42,47). The summed E-state index contributed by atoms with van der Waals surface area (Å²) in [5.74, 6) is -2.36. The molecule has 3 aromatic rings. The quantitative estimate of drug-likeness (QED) is 0.106. The molecular weight excluding hydrogens is 622 g/mol. The number of esters is 1. The van der Waals surface area contributed by atoms with Crippen LogP contribution in [-0.2, 0) is 23.9 Å². The van der Waals surface area contributed by atoms with Crippen molar-refractivity contribution in [3.63, 3.8) is 0 Å². The van der Waals surface area contributed by atoms with E-state index in [4.69, 9.17) is 9.47 Å². The summed E-state index contributed by atoms with van der Waals surface area (Å²) in [5, 5.41) is 17.5. The lowest BCUT2D eigenvalue weighted by Crippen LogP contribution is -2.44. The minimum atomic E-state index is -1.02. The third-order valence-electron chi connectivity index (χ3n) is 8.43. The third kappa shape index (κ3) is 10.1. The van der Waals surface area contributed by atoms with Gasteiger partial charge in [-0.1, -0.05) is 91.0 Å². The lowest BCUT2D eigenvalue weighted by molar-refractivity contribution is -0.147. The Balaban J connectivity index is 1.40. The molecule has 1 aliphatic rings. The summed E-state index contributed by atoms with van der Waals surface area (Å²) < 4.78 is 11.4. The zero-order chi connectivity index (χ0) is 35.2. The second-order valence-electron chi connectivity index (χ2n) is 12.1. The molecule has 4 unspecified atom stereocenters. The summed E-state index contributed by atoms with van der Waals surface area (Å²) in [5.41, 5.74) is 5.05. The molecule has 0 saturated carbocycles. The van der Waals surface area contributed by atoms with E-state index in [1.54, 1.807) is 43.3 Å². The van der Waals surface area contributed by atoms with Crippen molar-refractivity contribution >= 4 is 23.9 Å². The van der Waals surface area contributed by atoms with Crippen LogP contribution in [0.25, 0.3) is 11.1 Å². The van der Waals surface area contributed by atoms with E-state index in [9.17, 15) is 24.3 Å². The summed E-state index contributed by atoms with van der Waals surface area (Å²) in [6, 6.07) is 22.8. The van der Waals surface area contributed by atoms with Gasteiger partial charge in [0.25, 0.3) is 0 Å². The van der Waals surface area contributed by atoms with Crippen LogP contribution in [-0.4, -0.2) is 60.9 Å². The minimum Gasteiger partial charge on any atom is -0.462 e. The number of carbonyl (C=O) groups excluding carboxylic acids is 4. The van der Waals surface area contributed by atoms with Gasteiger partial charge in [0.05, 0.1) is 18.6 Å². The molecule has 4 N–H and O–H groups in total. The third-order valence-corrected chi connectivity index (χ3v) is 8.43. The first-order valence-electron chi connectivity index (χ1n) is 16.5. The van der Waals surface area contributed by atoms with E-state index in [2.05, 4.69) is 41.2 Å². The molecule has 10 nitrogen and oxygen atoms in total. The summed E-state index contributed by atoms with van der Waals surface area (Å²) in [6.07, 6.45) is 3.24. The van der Waals surface area contributed by atoms with Gasteiger partial charge in [-0.2, -0.15) is 0 Å². The molecule has 0 fully saturated rings. The van der Waals surface area contributed by atoms with E-state index in [0.717, 1.165) is 22.3 Å². The molecule has 3 aromatic carbocycles. The van der Waals surface area contributed by atoms with Crippen LogP contribution >= 0.6 is 0 Å². The zero-order valence-corrected chi connectivity index (χ0v) is 27.8. The van der Waals surface area contributed by atoms with Gasteiger partial charge >= 0.3 is 12.1 Å². The summed E-state index contributed by atoms with van der Waals surface area (Å²) in [6.45, 7) is 8.74. The van der Waals surface area contributed by atoms with Crippen molar-refractivity contribution < 1.29 is 33.8 Å². The number of hydrogen-bond donors (Lipinski definition) is 4. The van der Waals surface area contributed by atoms with Gasteiger partial charge in [-0.05, 0) is 54.0 Å². The molecule has 4 atom stereocenters. The predicted octanol–water partition coefficient (Wildman–Crippen LogP) is 5.34. The van der Waals surface area contributed by atoms with Crippen LogP contribution in [0.4, 0.5) is 4.79 Å². The fourth-order valence-electron chi connectivity index (χ4n) is 5.87. The lowest BCUT2D eigenvalue weighted by atomic mass is 9.98. The molecule has 10 heteroatoms. The summed E-state index contributed by atoms with van der Waals surface area (Å²) in [7, 11) is 0. The highest BCUT2D eigenvalue weighted by atomic mass is 16.6. The maximum absolute atomic E-state index is 13.4.